The maximum absolute atomic E-state index is 13.7. The van der Waals surface area contributed by atoms with Crippen LogP contribution in [0.2, 0.25) is 0 Å². The highest BCUT2D eigenvalue weighted by molar-refractivity contribution is 7.89. The third kappa shape index (κ3) is 4.22. The molecule has 0 radical (unpaired) electrons. The highest BCUT2D eigenvalue weighted by Crippen LogP contribution is 2.30. The van der Waals surface area contributed by atoms with Crippen LogP contribution in [0.15, 0.2) is 18.2 Å². The summed E-state index contributed by atoms with van der Waals surface area (Å²) in [4.78, 5) is 0.111. The Morgan fingerprint density at radius 1 is 1.47 bits per heavy atom. The van der Waals surface area contributed by atoms with E-state index in [9.17, 15) is 12.8 Å². The standard InChI is InChI=1S/C12H15FN2O2S2/c13-11-5-9(12(14)18)3-4-10(11)6-15-19(16,17)7-8-1-2-8/h3-5,8,15H,1-2,6-7H2,(H2,14,18). The van der Waals surface area contributed by atoms with Gasteiger partial charge < -0.3 is 5.73 Å². The van der Waals surface area contributed by atoms with Crippen LogP contribution in [-0.2, 0) is 16.6 Å². The van der Waals surface area contributed by atoms with Gasteiger partial charge in [-0.15, -0.1) is 0 Å². The van der Waals surface area contributed by atoms with Gasteiger partial charge in [0.2, 0.25) is 10.0 Å². The van der Waals surface area contributed by atoms with Crippen LogP contribution in [0.3, 0.4) is 0 Å². The van der Waals surface area contributed by atoms with Gasteiger partial charge in [-0.3, -0.25) is 0 Å². The van der Waals surface area contributed by atoms with Crippen LogP contribution in [0.5, 0.6) is 0 Å². The van der Waals surface area contributed by atoms with Gasteiger partial charge >= 0.3 is 0 Å². The van der Waals surface area contributed by atoms with Crippen molar-refractivity contribution in [3.8, 4) is 0 Å². The van der Waals surface area contributed by atoms with Gasteiger partial charge in [0, 0.05) is 17.7 Å². The first-order valence-electron chi connectivity index (χ1n) is 5.93. The molecular weight excluding hydrogens is 287 g/mol. The highest BCUT2D eigenvalue weighted by Gasteiger charge is 2.27. The molecule has 0 saturated heterocycles. The van der Waals surface area contributed by atoms with Crippen molar-refractivity contribution in [3.05, 3.63) is 35.1 Å². The van der Waals surface area contributed by atoms with E-state index < -0.39 is 15.8 Å². The lowest BCUT2D eigenvalue weighted by atomic mass is 10.1. The van der Waals surface area contributed by atoms with E-state index in [0.717, 1.165) is 12.8 Å². The van der Waals surface area contributed by atoms with Crippen molar-refractivity contribution in [1.82, 2.24) is 4.72 Å². The molecule has 1 aliphatic carbocycles. The van der Waals surface area contributed by atoms with Crippen LogP contribution in [0.4, 0.5) is 4.39 Å². The molecule has 3 N–H and O–H groups in total. The molecular formula is C12H15FN2O2S2. The van der Waals surface area contributed by atoms with E-state index in [2.05, 4.69) is 4.72 Å². The molecule has 0 spiro atoms. The Hall–Kier alpha value is -1.05. The summed E-state index contributed by atoms with van der Waals surface area (Å²) >= 11 is 4.74. The molecule has 0 bridgehead atoms. The Bertz CT molecular complexity index is 598. The molecule has 4 nitrogen and oxygen atoms in total. The fraction of sp³-hybridized carbons (Fsp3) is 0.417. The maximum Gasteiger partial charge on any atom is 0.212 e. The molecule has 104 valence electrons. The van der Waals surface area contributed by atoms with E-state index in [-0.39, 0.29) is 28.8 Å². The first-order valence-corrected chi connectivity index (χ1v) is 7.99. The summed E-state index contributed by atoms with van der Waals surface area (Å²) in [5.41, 5.74) is 6.10. The number of nitrogens with one attached hydrogen (secondary N) is 1. The minimum atomic E-state index is -3.33. The minimum Gasteiger partial charge on any atom is -0.389 e. The monoisotopic (exact) mass is 302 g/mol. The molecule has 7 heteroatoms. The van der Waals surface area contributed by atoms with Gasteiger partial charge in [0.1, 0.15) is 10.8 Å². The molecule has 1 saturated carbocycles. The average molecular weight is 302 g/mol. The number of nitrogens with two attached hydrogens (primary N) is 1. The molecule has 1 aromatic carbocycles. The van der Waals surface area contributed by atoms with Crippen LogP contribution >= 0.6 is 12.2 Å². The van der Waals surface area contributed by atoms with Gasteiger partial charge in [0.25, 0.3) is 0 Å². The zero-order valence-corrected chi connectivity index (χ0v) is 11.9. The van der Waals surface area contributed by atoms with Gasteiger partial charge in [-0.25, -0.2) is 17.5 Å². The Kier molecular flexibility index (Phi) is 4.17. The van der Waals surface area contributed by atoms with E-state index in [1.165, 1.54) is 12.1 Å². The third-order valence-corrected chi connectivity index (χ3v) is 4.70. The molecule has 1 aliphatic rings. The molecule has 2 rings (SSSR count). The van der Waals surface area contributed by atoms with E-state index >= 15 is 0 Å². The number of hydrogen-bond donors (Lipinski definition) is 2. The number of thiocarbonyl (C=S) groups is 1. The smallest absolute Gasteiger partial charge is 0.212 e. The summed E-state index contributed by atoms with van der Waals surface area (Å²) in [6, 6.07) is 4.28. The molecule has 0 aromatic heterocycles. The second-order valence-corrected chi connectivity index (χ2v) is 7.01. The first-order chi connectivity index (χ1) is 8.87. The summed E-state index contributed by atoms with van der Waals surface area (Å²) in [7, 11) is -3.33. The fourth-order valence-electron chi connectivity index (χ4n) is 1.69. The summed E-state index contributed by atoms with van der Waals surface area (Å²) in [5, 5.41) is 0. The Balaban J connectivity index is 2.01. The number of rotatable bonds is 6. The lowest BCUT2D eigenvalue weighted by Gasteiger charge is -2.08. The summed E-state index contributed by atoms with van der Waals surface area (Å²) < 4.78 is 39.4. The molecule has 0 atom stereocenters. The number of hydrogen-bond acceptors (Lipinski definition) is 3. The lowest BCUT2D eigenvalue weighted by Crippen LogP contribution is -2.27. The summed E-state index contributed by atoms with van der Waals surface area (Å²) in [6.45, 7) is -0.0570. The van der Waals surface area contributed by atoms with Crippen molar-refractivity contribution >= 4 is 27.2 Å². The summed E-state index contributed by atoms with van der Waals surface area (Å²) in [5.74, 6) is -0.127. The van der Waals surface area contributed by atoms with Crippen molar-refractivity contribution in [1.29, 1.82) is 0 Å². The molecule has 0 unspecified atom stereocenters. The Morgan fingerprint density at radius 2 is 2.16 bits per heavy atom. The highest BCUT2D eigenvalue weighted by atomic mass is 32.2. The van der Waals surface area contributed by atoms with Gasteiger partial charge in [-0.2, -0.15) is 0 Å². The second kappa shape index (κ2) is 5.52. The van der Waals surface area contributed by atoms with E-state index in [0.29, 0.717) is 5.56 Å². The predicted molar refractivity (Wildman–Crippen MR) is 75.6 cm³/mol. The summed E-state index contributed by atoms with van der Waals surface area (Å²) in [6.07, 6.45) is 1.91. The fourth-order valence-corrected chi connectivity index (χ4v) is 3.26. The van der Waals surface area contributed by atoms with Crippen molar-refractivity contribution in [2.75, 3.05) is 5.75 Å². The van der Waals surface area contributed by atoms with E-state index in [1.807, 2.05) is 0 Å². The van der Waals surface area contributed by atoms with Crippen LogP contribution < -0.4 is 10.5 Å². The zero-order valence-electron chi connectivity index (χ0n) is 10.2. The van der Waals surface area contributed by atoms with Crippen LogP contribution in [0.1, 0.15) is 24.0 Å². The number of benzene rings is 1. The number of halogens is 1. The van der Waals surface area contributed by atoms with Crippen molar-refractivity contribution in [3.63, 3.8) is 0 Å². The quantitative estimate of drug-likeness (QED) is 0.777. The molecule has 0 amide bonds. The van der Waals surface area contributed by atoms with E-state index in [1.54, 1.807) is 6.07 Å². The van der Waals surface area contributed by atoms with Crippen LogP contribution in [-0.4, -0.2) is 19.2 Å². The SMILES string of the molecule is NC(=S)c1ccc(CNS(=O)(=O)CC2CC2)c(F)c1. The van der Waals surface area contributed by atoms with Gasteiger partial charge in [-0.1, -0.05) is 24.4 Å². The lowest BCUT2D eigenvalue weighted by molar-refractivity contribution is 0.571. The molecule has 19 heavy (non-hydrogen) atoms. The normalized spacial score (nSPS) is 15.4. The predicted octanol–water partition coefficient (Wildman–Crippen LogP) is 1.29. The van der Waals surface area contributed by atoms with Gasteiger partial charge in [0.05, 0.1) is 5.75 Å². The van der Waals surface area contributed by atoms with Crippen molar-refractivity contribution in [2.24, 2.45) is 11.7 Å². The van der Waals surface area contributed by atoms with Gasteiger partial charge in [-0.05, 0) is 24.8 Å². The number of sulfonamides is 1. The van der Waals surface area contributed by atoms with Crippen molar-refractivity contribution in [2.45, 2.75) is 19.4 Å². The Labute approximate surface area is 117 Å². The molecule has 1 aromatic rings. The second-order valence-electron chi connectivity index (χ2n) is 4.72. The minimum absolute atomic E-state index is 0.0570. The Morgan fingerprint density at radius 3 is 2.68 bits per heavy atom. The third-order valence-electron chi connectivity index (χ3n) is 2.97. The first kappa shape index (κ1) is 14.4. The molecule has 0 heterocycles. The molecule has 0 aliphatic heterocycles. The van der Waals surface area contributed by atoms with E-state index in [4.69, 9.17) is 18.0 Å². The van der Waals surface area contributed by atoms with Crippen LogP contribution in [0, 0.1) is 11.7 Å². The largest absolute Gasteiger partial charge is 0.389 e. The van der Waals surface area contributed by atoms with Crippen LogP contribution in [0.25, 0.3) is 0 Å². The zero-order chi connectivity index (χ0) is 14.0. The maximum atomic E-state index is 13.7. The van der Waals surface area contributed by atoms with Gasteiger partial charge in [0.15, 0.2) is 0 Å². The topological polar surface area (TPSA) is 72.2 Å². The van der Waals surface area contributed by atoms with Crippen molar-refractivity contribution < 1.29 is 12.8 Å². The average Bonchev–Trinajstić information content (AvgIpc) is 3.10. The molecule has 1 fully saturated rings.